The van der Waals surface area contributed by atoms with Crippen LogP contribution >= 0.6 is 11.3 Å². The number of rotatable bonds is 4. The molecule has 0 bridgehead atoms. The van der Waals surface area contributed by atoms with Crippen LogP contribution in [-0.4, -0.2) is 21.6 Å². The highest BCUT2D eigenvalue weighted by Crippen LogP contribution is 2.27. The largest absolute Gasteiger partial charge is 0.332 e. The maximum atomic E-state index is 13.1. The molecule has 3 heterocycles. The third-order valence-corrected chi connectivity index (χ3v) is 5.88. The summed E-state index contributed by atoms with van der Waals surface area (Å²) >= 11 is 1.31. The molecule has 0 spiro atoms. The summed E-state index contributed by atoms with van der Waals surface area (Å²) in [6.45, 7) is 2.85. The van der Waals surface area contributed by atoms with Crippen molar-refractivity contribution in [2.45, 2.75) is 39.3 Å². The van der Waals surface area contributed by atoms with E-state index in [9.17, 15) is 14.4 Å². The van der Waals surface area contributed by atoms with E-state index >= 15 is 0 Å². The first-order valence-electron chi connectivity index (χ1n) is 9.21. The molecule has 0 N–H and O–H groups in total. The monoisotopic (exact) mass is 383 g/mol. The predicted molar refractivity (Wildman–Crippen MR) is 108 cm³/mol. The van der Waals surface area contributed by atoms with Gasteiger partial charge in [0.25, 0.3) is 5.56 Å². The number of fused-ring (bicyclic) bond motifs is 2. The van der Waals surface area contributed by atoms with Crippen LogP contribution in [0.15, 0.2) is 45.3 Å². The van der Waals surface area contributed by atoms with Crippen molar-refractivity contribution < 1.29 is 4.79 Å². The number of para-hydroxylation sites is 1. The van der Waals surface area contributed by atoms with Crippen LogP contribution in [0.5, 0.6) is 0 Å². The van der Waals surface area contributed by atoms with Gasteiger partial charge in [-0.25, -0.2) is 4.79 Å². The van der Waals surface area contributed by atoms with Crippen molar-refractivity contribution in [2.75, 3.05) is 11.4 Å². The Bertz CT molecular complexity index is 1130. The SMILES string of the molecule is CCCn1c(=O)c2sccc2n(CC(=O)N2CCCc3ccccc32)c1=O. The maximum Gasteiger partial charge on any atom is 0.332 e. The average Bonchev–Trinajstić information content (AvgIpc) is 3.18. The molecule has 140 valence electrons. The topological polar surface area (TPSA) is 64.3 Å². The van der Waals surface area contributed by atoms with Gasteiger partial charge in [0.15, 0.2) is 0 Å². The fraction of sp³-hybridized carbons (Fsp3) is 0.350. The zero-order valence-corrected chi connectivity index (χ0v) is 16.0. The molecule has 4 rings (SSSR count). The van der Waals surface area contributed by atoms with Crippen molar-refractivity contribution in [2.24, 2.45) is 0 Å². The standard InChI is InChI=1S/C20H21N3O3S/c1-2-10-22-19(25)18-16(9-12-27-18)23(20(22)26)13-17(24)21-11-5-7-14-6-3-4-8-15(14)21/h3-4,6,8-9,12H,2,5,7,10-11,13H2,1H3. The molecule has 7 heteroatoms. The first kappa shape index (κ1) is 17.7. The van der Waals surface area contributed by atoms with Gasteiger partial charge in [0.05, 0.1) is 5.52 Å². The zero-order valence-electron chi connectivity index (χ0n) is 15.2. The highest BCUT2D eigenvalue weighted by Gasteiger charge is 2.24. The van der Waals surface area contributed by atoms with Crippen LogP contribution in [0.3, 0.4) is 0 Å². The molecule has 6 nitrogen and oxygen atoms in total. The number of hydrogen-bond donors (Lipinski definition) is 0. The molecule has 1 amide bonds. The second-order valence-corrected chi connectivity index (χ2v) is 7.65. The highest BCUT2D eigenvalue weighted by atomic mass is 32.1. The van der Waals surface area contributed by atoms with Gasteiger partial charge >= 0.3 is 5.69 Å². The van der Waals surface area contributed by atoms with E-state index in [1.54, 1.807) is 16.3 Å². The van der Waals surface area contributed by atoms with Gasteiger partial charge in [-0.2, -0.15) is 0 Å². The number of anilines is 1. The molecule has 0 unspecified atom stereocenters. The number of nitrogens with zero attached hydrogens (tertiary/aromatic N) is 3. The minimum atomic E-state index is -0.411. The van der Waals surface area contributed by atoms with Crippen molar-refractivity contribution in [1.82, 2.24) is 9.13 Å². The minimum Gasteiger partial charge on any atom is -0.311 e. The fourth-order valence-electron chi connectivity index (χ4n) is 3.72. The molecule has 27 heavy (non-hydrogen) atoms. The molecule has 3 aromatic rings. The lowest BCUT2D eigenvalue weighted by molar-refractivity contribution is -0.119. The van der Waals surface area contributed by atoms with Crippen molar-refractivity contribution in [3.05, 3.63) is 62.1 Å². The van der Waals surface area contributed by atoms with Crippen molar-refractivity contribution in [3.8, 4) is 0 Å². The second-order valence-electron chi connectivity index (χ2n) is 6.74. The van der Waals surface area contributed by atoms with E-state index in [0.29, 0.717) is 29.7 Å². The lowest BCUT2D eigenvalue weighted by Gasteiger charge is -2.29. The molecular formula is C20H21N3O3S. The van der Waals surface area contributed by atoms with E-state index in [2.05, 4.69) is 0 Å². The number of carbonyl (C=O) groups is 1. The molecule has 0 saturated carbocycles. The second kappa shape index (κ2) is 7.15. The van der Waals surface area contributed by atoms with Crippen LogP contribution in [0.4, 0.5) is 5.69 Å². The van der Waals surface area contributed by atoms with Crippen LogP contribution in [0.1, 0.15) is 25.3 Å². The Morgan fingerprint density at radius 3 is 2.78 bits per heavy atom. The Morgan fingerprint density at radius 2 is 1.96 bits per heavy atom. The summed E-state index contributed by atoms with van der Waals surface area (Å²) in [6, 6.07) is 9.64. The van der Waals surface area contributed by atoms with Gasteiger partial charge in [0.2, 0.25) is 5.91 Å². The summed E-state index contributed by atoms with van der Waals surface area (Å²) in [4.78, 5) is 40.3. The lowest BCUT2D eigenvalue weighted by atomic mass is 10.0. The maximum absolute atomic E-state index is 13.1. The number of carbonyl (C=O) groups excluding carboxylic acids is 1. The van der Waals surface area contributed by atoms with E-state index in [-0.39, 0.29) is 18.0 Å². The van der Waals surface area contributed by atoms with Crippen molar-refractivity contribution in [3.63, 3.8) is 0 Å². The third-order valence-electron chi connectivity index (χ3n) is 4.99. The molecule has 0 fully saturated rings. The normalized spacial score (nSPS) is 13.7. The van der Waals surface area contributed by atoms with E-state index in [1.165, 1.54) is 20.5 Å². The third kappa shape index (κ3) is 3.02. The van der Waals surface area contributed by atoms with Crippen molar-refractivity contribution in [1.29, 1.82) is 0 Å². The summed E-state index contributed by atoms with van der Waals surface area (Å²) in [6.07, 6.45) is 2.54. The van der Waals surface area contributed by atoms with Gasteiger partial charge in [0, 0.05) is 18.8 Å². The Hall–Kier alpha value is -2.67. The Morgan fingerprint density at radius 1 is 1.15 bits per heavy atom. The summed E-state index contributed by atoms with van der Waals surface area (Å²) in [5.74, 6) is -0.126. The van der Waals surface area contributed by atoms with Gasteiger partial charge in [0.1, 0.15) is 11.2 Å². The van der Waals surface area contributed by atoms with Gasteiger partial charge < -0.3 is 4.90 Å². The van der Waals surface area contributed by atoms with Gasteiger partial charge in [-0.3, -0.25) is 18.7 Å². The highest BCUT2D eigenvalue weighted by molar-refractivity contribution is 7.17. The molecular weight excluding hydrogens is 362 g/mol. The number of aromatic nitrogens is 2. The van der Waals surface area contributed by atoms with Gasteiger partial charge in [-0.05, 0) is 42.3 Å². The van der Waals surface area contributed by atoms with Gasteiger partial charge in [-0.1, -0.05) is 25.1 Å². The predicted octanol–water partition coefficient (Wildman–Crippen LogP) is 2.61. The number of hydrogen-bond acceptors (Lipinski definition) is 4. The Labute approximate surface area is 160 Å². The molecule has 0 saturated heterocycles. The van der Waals surface area contributed by atoms with E-state index in [1.807, 2.05) is 31.2 Å². The fourth-order valence-corrected chi connectivity index (χ4v) is 4.56. The number of aryl methyl sites for hydroxylation is 1. The summed E-state index contributed by atoms with van der Waals surface area (Å²) in [5, 5.41) is 1.79. The summed E-state index contributed by atoms with van der Waals surface area (Å²) < 4.78 is 3.22. The smallest absolute Gasteiger partial charge is 0.311 e. The first-order valence-corrected chi connectivity index (χ1v) is 10.1. The van der Waals surface area contributed by atoms with E-state index in [0.717, 1.165) is 24.1 Å². The first-order chi connectivity index (χ1) is 13.1. The Kier molecular flexibility index (Phi) is 4.70. The lowest BCUT2D eigenvalue weighted by Crippen LogP contribution is -2.44. The zero-order chi connectivity index (χ0) is 19.0. The molecule has 1 aliphatic heterocycles. The van der Waals surface area contributed by atoms with E-state index < -0.39 is 5.69 Å². The molecule has 0 radical (unpaired) electrons. The van der Waals surface area contributed by atoms with Crippen LogP contribution in [0.2, 0.25) is 0 Å². The average molecular weight is 383 g/mol. The quantitative estimate of drug-likeness (QED) is 0.696. The molecule has 1 aliphatic rings. The van der Waals surface area contributed by atoms with Crippen molar-refractivity contribution >= 4 is 33.1 Å². The van der Waals surface area contributed by atoms with E-state index in [4.69, 9.17) is 0 Å². The summed E-state index contributed by atoms with van der Waals surface area (Å²) in [7, 11) is 0. The minimum absolute atomic E-state index is 0.0651. The molecule has 0 aliphatic carbocycles. The van der Waals surface area contributed by atoms with Crippen LogP contribution in [-0.2, 0) is 24.3 Å². The molecule has 0 atom stereocenters. The number of benzene rings is 1. The Balaban J connectivity index is 1.76. The summed E-state index contributed by atoms with van der Waals surface area (Å²) in [5.41, 5.74) is 1.94. The molecule has 1 aromatic carbocycles. The van der Waals surface area contributed by atoms with Gasteiger partial charge in [-0.15, -0.1) is 11.3 Å². The number of amides is 1. The number of thiophene rings is 1. The van der Waals surface area contributed by atoms with Crippen LogP contribution in [0, 0.1) is 0 Å². The molecule has 2 aromatic heterocycles. The van der Waals surface area contributed by atoms with Crippen LogP contribution in [0.25, 0.3) is 10.2 Å². The van der Waals surface area contributed by atoms with Crippen LogP contribution < -0.4 is 16.1 Å².